The maximum Gasteiger partial charge on any atom is 0.222 e. The first-order chi connectivity index (χ1) is 11.5. The SMILES string of the molecule is [B]Nc1c(-c2cc(C)cc(C)c2)cccc1-c1cc(C)cc(C)c1. The molecule has 0 amide bonds. The van der Waals surface area contributed by atoms with Crippen LogP contribution in [0.15, 0.2) is 54.6 Å². The Bertz CT molecular complexity index is 786. The first kappa shape index (κ1) is 16.4. The maximum absolute atomic E-state index is 5.93. The maximum atomic E-state index is 5.93. The fourth-order valence-corrected chi connectivity index (χ4v) is 3.45. The van der Waals surface area contributed by atoms with Crippen molar-refractivity contribution in [1.29, 1.82) is 0 Å². The van der Waals surface area contributed by atoms with Gasteiger partial charge in [0.2, 0.25) is 7.98 Å². The zero-order chi connectivity index (χ0) is 17.3. The molecule has 24 heavy (non-hydrogen) atoms. The van der Waals surface area contributed by atoms with Crippen LogP contribution in [0.3, 0.4) is 0 Å². The van der Waals surface area contributed by atoms with Crippen molar-refractivity contribution < 1.29 is 0 Å². The summed E-state index contributed by atoms with van der Waals surface area (Å²) in [7, 11) is 5.93. The van der Waals surface area contributed by atoms with E-state index in [0.29, 0.717) is 0 Å². The summed E-state index contributed by atoms with van der Waals surface area (Å²) >= 11 is 0. The molecule has 1 N–H and O–H groups in total. The Morgan fingerprint density at radius 1 is 0.625 bits per heavy atom. The topological polar surface area (TPSA) is 12.0 Å². The fourth-order valence-electron chi connectivity index (χ4n) is 3.45. The number of rotatable bonds is 3. The molecule has 3 aromatic rings. The Kier molecular flexibility index (Phi) is 4.48. The van der Waals surface area contributed by atoms with E-state index in [1.165, 1.54) is 33.4 Å². The summed E-state index contributed by atoms with van der Waals surface area (Å²) in [6.45, 7) is 8.50. The quantitative estimate of drug-likeness (QED) is 0.607. The first-order valence-corrected chi connectivity index (χ1v) is 8.25. The monoisotopic (exact) mass is 311 g/mol. The molecule has 0 atom stereocenters. The molecular weight excluding hydrogens is 289 g/mol. The van der Waals surface area contributed by atoms with Crippen molar-refractivity contribution in [1.82, 2.24) is 0 Å². The average Bonchev–Trinajstić information content (AvgIpc) is 2.52. The Morgan fingerprint density at radius 3 is 1.33 bits per heavy atom. The molecule has 0 heterocycles. The van der Waals surface area contributed by atoms with Gasteiger partial charge in [-0.1, -0.05) is 76.9 Å². The van der Waals surface area contributed by atoms with E-state index in [4.69, 9.17) is 7.98 Å². The highest BCUT2D eigenvalue weighted by molar-refractivity contribution is 6.19. The van der Waals surface area contributed by atoms with E-state index in [0.717, 1.165) is 16.8 Å². The second-order valence-corrected chi connectivity index (χ2v) is 6.63. The molecule has 3 aromatic carbocycles. The summed E-state index contributed by atoms with van der Waals surface area (Å²) in [6, 6.07) is 19.5. The predicted molar refractivity (Wildman–Crippen MR) is 106 cm³/mol. The van der Waals surface area contributed by atoms with E-state index in [1.54, 1.807) is 0 Å². The number of nitrogens with one attached hydrogen (secondary N) is 1. The smallest absolute Gasteiger partial charge is 0.222 e. The molecule has 2 heteroatoms. The van der Waals surface area contributed by atoms with E-state index < -0.39 is 0 Å². The van der Waals surface area contributed by atoms with Gasteiger partial charge in [-0.2, -0.15) is 0 Å². The van der Waals surface area contributed by atoms with E-state index in [9.17, 15) is 0 Å². The number of benzene rings is 3. The van der Waals surface area contributed by atoms with Gasteiger partial charge in [0.25, 0.3) is 0 Å². The molecule has 0 aliphatic carbocycles. The van der Waals surface area contributed by atoms with Crippen LogP contribution in [0.4, 0.5) is 5.69 Å². The minimum atomic E-state index is 0.965. The van der Waals surface area contributed by atoms with Crippen LogP contribution < -0.4 is 5.23 Å². The lowest BCUT2D eigenvalue weighted by molar-refractivity contribution is 1.38. The second kappa shape index (κ2) is 6.56. The van der Waals surface area contributed by atoms with Crippen LogP contribution in [0.1, 0.15) is 22.3 Å². The summed E-state index contributed by atoms with van der Waals surface area (Å²) in [5, 5.41) is 2.94. The molecular formula is C22H22BN. The van der Waals surface area contributed by atoms with Gasteiger partial charge >= 0.3 is 0 Å². The number of para-hydroxylation sites is 1. The van der Waals surface area contributed by atoms with E-state index >= 15 is 0 Å². The molecule has 0 spiro atoms. The van der Waals surface area contributed by atoms with Crippen molar-refractivity contribution in [3.05, 3.63) is 76.9 Å². The predicted octanol–water partition coefficient (Wildman–Crippen LogP) is 5.75. The molecule has 0 bridgehead atoms. The molecule has 0 saturated heterocycles. The van der Waals surface area contributed by atoms with E-state index in [2.05, 4.69) is 87.5 Å². The van der Waals surface area contributed by atoms with Crippen molar-refractivity contribution in [2.45, 2.75) is 27.7 Å². The molecule has 0 saturated carbocycles. The number of anilines is 1. The normalized spacial score (nSPS) is 10.7. The molecule has 3 rings (SSSR count). The third-order valence-corrected chi connectivity index (χ3v) is 4.27. The average molecular weight is 311 g/mol. The third kappa shape index (κ3) is 3.23. The summed E-state index contributed by atoms with van der Waals surface area (Å²) in [5.74, 6) is 0. The molecule has 1 nitrogen and oxygen atoms in total. The van der Waals surface area contributed by atoms with Gasteiger partial charge in [0.1, 0.15) is 0 Å². The van der Waals surface area contributed by atoms with Crippen molar-refractivity contribution in [2.75, 3.05) is 5.23 Å². The minimum Gasteiger partial charge on any atom is -0.436 e. The van der Waals surface area contributed by atoms with Gasteiger partial charge in [0.15, 0.2) is 0 Å². The Morgan fingerprint density at radius 2 is 1.00 bits per heavy atom. The highest BCUT2D eigenvalue weighted by atomic mass is 14.7. The van der Waals surface area contributed by atoms with Gasteiger partial charge in [-0.3, -0.25) is 0 Å². The molecule has 0 aliphatic heterocycles. The van der Waals surface area contributed by atoms with Crippen LogP contribution in [0.25, 0.3) is 22.3 Å². The highest BCUT2D eigenvalue weighted by Gasteiger charge is 2.11. The van der Waals surface area contributed by atoms with Crippen LogP contribution in [-0.4, -0.2) is 7.98 Å². The lowest BCUT2D eigenvalue weighted by atomic mass is 9.92. The fraction of sp³-hybridized carbons (Fsp3) is 0.182. The molecule has 0 aromatic heterocycles. The molecule has 118 valence electrons. The zero-order valence-corrected chi connectivity index (χ0v) is 14.8. The Labute approximate surface area is 146 Å². The van der Waals surface area contributed by atoms with Gasteiger partial charge in [0, 0.05) is 16.8 Å². The summed E-state index contributed by atoms with van der Waals surface area (Å²) in [6.07, 6.45) is 0. The van der Waals surface area contributed by atoms with Gasteiger partial charge < -0.3 is 5.23 Å². The van der Waals surface area contributed by atoms with Crippen molar-refractivity contribution in [3.8, 4) is 22.3 Å². The summed E-state index contributed by atoms with van der Waals surface area (Å²) < 4.78 is 0. The van der Waals surface area contributed by atoms with Gasteiger partial charge in [-0.25, -0.2) is 0 Å². The molecule has 0 fully saturated rings. The Hall–Kier alpha value is -2.48. The van der Waals surface area contributed by atoms with Crippen LogP contribution in [-0.2, 0) is 0 Å². The minimum absolute atomic E-state index is 0.965. The lowest BCUT2D eigenvalue weighted by Gasteiger charge is -2.17. The second-order valence-electron chi connectivity index (χ2n) is 6.63. The zero-order valence-electron chi connectivity index (χ0n) is 14.8. The number of aryl methyl sites for hydroxylation is 4. The third-order valence-electron chi connectivity index (χ3n) is 4.27. The van der Waals surface area contributed by atoms with Crippen molar-refractivity contribution >= 4 is 13.7 Å². The number of hydrogen-bond donors (Lipinski definition) is 1. The van der Waals surface area contributed by atoms with Gasteiger partial charge in [-0.15, -0.1) is 0 Å². The van der Waals surface area contributed by atoms with Crippen LogP contribution in [0.5, 0.6) is 0 Å². The summed E-state index contributed by atoms with van der Waals surface area (Å²) in [5.41, 5.74) is 10.6. The molecule has 2 radical (unpaired) electrons. The van der Waals surface area contributed by atoms with Gasteiger partial charge in [-0.05, 0) is 38.8 Å². The van der Waals surface area contributed by atoms with Crippen molar-refractivity contribution in [3.63, 3.8) is 0 Å². The molecule has 0 unspecified atom stereocenters. The van der Waals surface area contributed by atoms with E-state index in [-0.39, 0.29) is 0 Å². The van der Waals surface area contributed by atoms with Crippen LogP contribution >= 0.6 is 0 Å². The lowest BCUT2D eigenvalue weighted by Crippen LogP contribution is -1.98. The first-order valence-electron chi connectivity index (χ1n) is 8.25. The van der Waals surface area contributed by atoms with E-state index in [1.807, 2.05) is 0 Å². The van der Waals surface area contributed by atoms with Gasteiger partial charge in [0.05, 0.1) is 0 Å². The largest absolute Gasteiger partial charge is 0.436 e. The summed E-state index contributed by atoms with van der Waals surface area (Å²) in [4.78, 5) is 0. The molecule has 0 aliphatic rings. The number of hydrogen-bond acceptors (Lipinski definition) is 1. The highest BCUT2D eigenvalue weighted by Crippen LogP contribution is 2.37. The standard InChI is InChI=1S/C22H22BN/c1-14-8-15(2)11-18(10-14)20-6-5-7-21(22(20)24-23)19-12-16(3)9-17(4)13-19/h5-13,24H,1-4H3. The van der Waals surface area contributed by atoms with Crippen molar-refractivity contribution in [2.24, 2.45) is 0 Å². The van der Waals surface area contributed by atoms with Crippen LogP contribution in [0, 0.1) is 27.7 Å². The van der Waals surface area contributed by atoms with Crippen LogP contribution in [0.2, 0.25) is 0 Å². The Balaban J connectivity index is 2.23.